The summed E-state index contributed by atoms with van der Waals surface area (Å²) >= 11 is 0. The van der Waals surface area contributed by atoms with Crippen molar-refractivity contribution in [2.45, 2.75) is 51.0 Å². The summed E-state index contributed by atoms with van der Waals surface area (Å²) in [6, 6.07) is 4.58. The van der Waals surface area contributed by atoms with Gasteiger partial charge in [0.25, 0.3) is 11.6 Å². The van der Waals surface area contributed by atoms with E-state index in [1.165, 1.54) is 50.7 Å². The summed E-state index contributed by atoms with van der Waals surface area (Å²) in [5.41, 5.74) is 1.65. The number of nitrogens with zero attached hydrogens (tertiary/aromatic N) is 1. The summed E-state index contributed by atoms with van der Waals surface area (Å²) in [5, 5.41) is 16.0. The fourth-order valence-electron chi connectivity index (χ4n) is 5.80. The van der Waals surface area contributed by atoms with E-state index in [9.17, 15) is 14.9 Å². The van der Waals surface area contributed by atoms with E-state index in [-0.39, 0.29) is 17.1 Å². The quantitative estimate of drug-likeness (QED) is 0.635. The van der Waals surface area contributed by atoms with Crippen molar-refractivity contribution < 1.29 is 15.0 Å². The van der Waals surface area contributed by atoms with Crippen molar-refractivity contribution >= 4 is 17.3 Å². The number of nitrogens with one attached hydrogen (secondary N) is 1. The van der Waals surface area contributed by atoms with Gasteiger partial charge in [0.05, 0.1) is 16.1 Å². The van der Waals surface area contributed by atoms with E-state index >= 15 is 0 Å². The molecule has 3 N–H and O–H groups in total. The van der Waals surface area contributed by atoms with E-state index in [2.05, 4.69) is 10.6 Å². The molecule has 0 saturated heterocycles. The Balaban J connectivity index is 1.39. The van der Waals surface area contributed by atoms with E-state index in [0.29, 0.717) is 12.2 Å². The standard InChI is InChI=1S/C19H25N3O3/c1-12-2-3-16(22(24)25)7-17(12)21-18(23)11-20-19-8-13-4-14(9-19)6-15(5-13)10-19/h2-3,7,13-15,20H,4-6,8-11H2,1H3,(H,21,23)/p+1. The van der Waals surface area contributed by atoms with Gasteiger partial charge in [-0.2, -0.15) is 0 Å². The number of hydrogen-bond acceptors (Lipinski definition) is 3. The highest BCUT2D eigenvalue weighted by atomic mass is 16.6. The van der Waals surface area contributed by atoms with Crippen LogP contribution in [0.2, 0.25) is 0 Å². The third-order valence-electron chi connectivity index (χ3n) is 6.51. The first kappa shape index (κ1) is 16.5. The molecule has 6 heteroatoms. The number of anilines is 1. The Bertz CT molecular complexity index is 681. The largest absolute Gasteiger partial charge is 0.334 e. The van der Waals surface area contributed by atoms with Crippen LogP contribution in [0.3, 0.4) is 0 Å². The van der Waals surface area contributed by atoms with Gasteiger partial charge in [-0.25, -0.2) is 0 Å². The number of nitro groups is 1. The third-order valence-corrected chi connectivity index (χ3v) is 6.51. The molecule has 1 aromatic carbocycles. The van der Waals surface area contributed by atoms with Gasteiger partial charge < -0.3 is 10.6 Å². The van der Waals surface area contributed by atoms with E-state index in [1.54, 1.807) is 6.07 Å². The maximum Gasteiger partial charge on any atom is 0.279 e. The molecule has 134 valence electrons. The summed E-state index contributed by atoms with van der Waals surface area (Å²) in [6.07, 6.45) is 7.94. The number of rotatable bonds is 5. The van der Waals surface area contributed by atoms with Crippen molar-refractivity contribution in [2.75, 3.05) is 11.9 Å². The number of non-ortho nitro benzene ring substituents is 1. The summed E-state index contributed by atoms with van der Waals surface area (Å²) < 4.78 is 0. The minimum absolute atomic E-state index is 0.00552. The van der Waals surface area contributed by atoms with E-state index in [1.807, 2.05) is 6.92 Å². The number of carbonyl (C=O) groups is 1. The van der Waals surface area contributed by atoms with E-state index in [0.717, 1.165) is 23.3 Å². The monoisotopic (exact) mass is 344 g/mol. The first-order chi connectivity index (χ1) is 11.9. The van der Waals surface area contributed by atoms with Crippen molar-refractivity contribution in [1.82, 2.24) is 0 Å². The van der Waals surface area contributed by atoms with Gasteiger partial charge in [0.2, 0.25) is 0 Å². The third kappa shape index (κ3) is 3.27. The Kier molecular flexibility index (Phi) is 4.02. The summed E-state index contributed by atoms with van der Waals surface area (Å²) in [7, 11) is 0. The molecule has 4 aliphatic rings. The summed E-state index contributed by atoms with van der Waals surface area (Å²) in [5.74, 6) is 2.53. The molecule has 4 saturated carbocycles. The molecule has 0 atom stereocenters. The fourth-order valence-corrected chi connectivity index (χ4v) is 5.80. The first-order valence-corrected chi connectivity index (χ1v) is 9.32. The molecule has 25 heavy (non-hydrogen) atoms. The highest BCUT2D eigenvalue weighted by molar-refractivity contribution is 5.92. The highest BCUT2D eigenvalue weighted by Crippen LogP contribution is 2.54. The predicted molar refractivity (Wildman–Crippen MR) is 94.2 cm³/mol. The van der Waals surface area contributed by atoms with Crippen molar-refractivity contribution in [3.05, 3.63) is 33.9 Å². The molecule has 0 spiro atoms. The SMILES string of the molecule is Cc1ccc([N+](=O)[O-])cc1NC(=O)C[NH2+]C12CC3CC(CC(C3)C1)C2. The van der Waals surface area contributed by atoms with Gasteiger partial charge in [-0.3, -0.25) is 14.9 Å². The molecule has 5 rings (SSSR count). The Morgan fingerprint density at radius 1 is 1.24 bits per heavy atom. The van der Waals surface area contributed by atoms with Crippen LogP contribution >= 0.6 is 0 Å². The Labute approximate surface area is 147 Å². The molecule has 6 nitrogen and oxygen atoms in total. The fraction of sp³-hybridized carbons (Fsp3) is 0.632. The molecule has 1 amide bonds. The number of quaternary nitrogens is 1. The molecule has 4 aliphatic carbocycles. The van der Waals surface area contributed by atoms with E-state index < -0.39 is 4.92 Å². The maximum atomic E-state index is 12.4. The second-order valence-electron chi connectivity index (χ2n) is 8.49. The lowest BCUT2D eigenvalue weighted by atomic mass is 9.53. The second kappa shape index (κ2) is 6.09. The van der Waals surface area contributed by atoms with Crippen LogP contribution in [0.4, 0.5) is 11.4 Å². The van der Waals surface area contributed by atoms with Crippen LogP contribution in [-0.4, -0.2) is 22.9 Å². The summed E-state index contributed by atoms with van der Waals surface area (Å²) in [6.45, 7) is 2.25. The molecule has 0 unspecified atom stereocenters. The van der Waals surface area contributed by atoms with Gasteiger partial charge in [0.15, 0.2) is 6.54 Å². The van der Waals surface area contributed by atoms with Gasteiger partial charge in [0, 0.05) is 31.4 Å². The van der Waals surface area contributed by atoms with Crippen LogP contribution < -0.4 is 10.6 Å². The minimum atomic E-state index is -0.434. The number of benzene rings is 1. The molecular formula is C19H26N3O3+. The van der Waals surface area contributed by atoms with Crippen molar-refractivity contribution in [3.63, 3.8) is 0 Å². The summed E-state index contributed by atoms with van der Waals surface area (Å²) in [4.78, 5) is 22.9. The average Bonchev–Trinajstić information content (AvgIpc) is 2.54. The van der Waals surface area contributed by atoms with Crippen LogP contribution in [0, 0.1) is 34.8 Å². The Hall–Kier alpha value is -1.95. The van der Waals surface area contributed by atoms with Gasteiger partial charge >= 0.3 is 0 Å². The van der Waals surface area contributed by atoms with Crippen LogP contribution in [0.5, 0.6) is 0 Å². The lowest BCUT2D eigenvalue weighted by Crippen LogP contribution is -3.00. The van der Waals surface area contributed by atoms with Crippen molar-refractivity contribution in [3.8, 4) is 0 Å². The maximum absolute atomic E-state index is 12.4. The zero-order valence-electron chi connectivity index (χ0n) is 14.7. The van der Waals surface area contributed by atoms with Gasteiger partial charge in [-0.05, 0) is 49.5 Å². The zero-order valence-corrected chi connectivity index (χ0v) is 14.7. The van der Waals surface area contributed by atoms with E-state index in [4.69, 9.17) is 0 Å². The van der Waals surface area contributed by atoms with Gasteiger partial charge in [0.1, 0.15) is 0 Å². The van der Waals surface area contributed by atoms with Crippen molar-refractivity contribution in [2.24, 2.45) is 17.8 Å². The number of carbonyl (C=O) groups excluding carboxylic acids is 1. The topological polar surface area (TPSA) is 88.9 Å². The molecule has 4 bridgehead atoms. The number of aryl methyl sites for hydroxylation is 1. The molecule has 0 heterocycles. The van der Waals surface area contributed by atoms with Crippen LogP contribution in [0.25, 0.3) is 0 Å². The Morgan fingerprint density at radius 2 is 1.84 bits per heavy atom. The molecule has 0 aromatic heterocycles. The molecule has 0 radical (unpaired) electrons. The number of nitrogens with two attached hydrogens (primary N) is 1. The second-order valence-corrected chi connectivity index (χ2v) is 8.49. The Morgan fingerprint density at radius 3 is 2.40 bits per heavy atom. The molecule has 1 aromatic rings. The number of amides is 1. The molecular weight excluding hydrogens is 318 g/mol. The first-order valence-electron chi connectivity index (χ1n) is 9.32. The number of nitro benzene ring substituents is 1. The zero-order chi connectivity index (χ0) is 17.6. The predicted octanol–water partition coefficient (Wildman–Crippen LogP) is 2.37. The highest BCUT2D eigenvalue weighted by Gasteiger charge is 2.53. The normalized spacial score (nSPS) is 32.6. The molecule has 4 fully saturated rings. The van der Waals surface area contributed by atoms with Gasteiger partial charge in [-0.1, -0.05) is 6.07 Å². The minimum Gasteiger partial charge on any atom is -0.334 e. The smallest absolute Gasteiger partial charge is 0.279 e. The van der Waals surface area contributed by atoms with Crippen molar-refractivity contribution in [1.29, 1.82) is 0 Å². The van der Waals surface area contributed by atoms with Gasteiger partial charge in [-0.15, -0.1) is 0 Å². The lowest BCUT2D eigenvalue weighted by Gasteiger charge is -2.54. The average molecular weight is 344 g/mol. The lowest BCUT2D eigenvalue weighted by molar-refractivity contribution is -0.729. The van der Waals surface area contributed by atoms with Crippen LogP contribution in [-0.2, 0) is 4.79 Å². The molecule has 0 aliphatic heterocycles. The van der Waals surface area contributed by atoms with Crippen LogP contribution in [0.1, 0.15) is 44.1 Å². The number of hydrogen-bond donors (Lipinski definition) is 2. The van der Waals surface area contributed by atoms with Crippen LogP contribution in [0.15, 0.2) is 18.2 Å².